The minimum absolute atomic E-state index is 0.564. The van der Waals surface area contributed by atoms with Crippen molar-refractivity contribution in [2.75, 3.05) is 6.54 Å². The Morgan fingerprint density at radius 2 is 2.36 bits per heavy atom. The van der Waals surface area contributed by atoms with Gasteiger partial charge in [0.05, 0.1) is 6.04 Å². The van der Waals surface area contributed by atoms with E-state index in [0.717, 1.165) is 12.5 Å². The molecule has 0 aromatic carbocycles. The molecular weight excluding hydrogens is 172 g/mol. The van der Waals surface area contributed by atoms with Gasteiger partial charge in [-0.3, -0.25) is 0 Å². The molecule has 0 bridgehead atoms. The summed E-state index contributed by atoms with van der Waals surface area (Å²) in [5.74, 6) is 0.768. The maximum atomic E-state index is 3.52. The molecule has 14 heavy (non-hydrogen) atoms. The summed E-state index contributed by atoms with van der Waals surface area (Å²) in [6, 6.07) is 0.564. The summed E-state index contributed by atoms with van der Waals surface area (Å²) >= 11 is 0. The van der Waals surface area contributed by atoms with Crippen LogP contribution in [0.5, 0.6) is 0 Å². The molecule has 2 nitrogen and oxygen atoms in total. The lowest BCUT2D eigenvalue weighted by Crippen LogP contribution is -2.39. The largest absolute Gasteiger partial charge is 0.388 e. The first-order valence-electron chi connectivity index (χ1n) is 5.52. The quantitative estimate of drug-likeness (QED) is 0.604. The molecule has 1 saturated heterocycles. The van der Waals surface area contributed by atoms with E-state index in [1.807, 2.05) is 0 Å². The van der Waals surface area contributed by atoms with Crippen molar-refractivity contribution in [3.63, 3.8) is 0 Å². The van der Waals surface area contributed by atoms with E-state index in [9.17, 15) is 0 Å². The molecule has 1 fully saturated rings. The third-order valence-electron chi connectivity index (χ3n) is 3.43. The molecule has 0 amide bonds. The van der Waals surface area contributed by atoms with E-state index in [0.29, 0.717) is 6.04 Å². The Balaban J connectivity index is 1.92. The molecule has 3 aliphatic rings. The SMILES string of the molecule is C1=CNC2CC3CCCNC3=CC2=C1. The van der Waals surface area contributed by atoms with Crippen LogP contribution >= 0.6 is 0 Å². The van der Waals surface area contributed by atoms with Crippen molar-refractivity contribution in [1.29, 1.82) is 0 Å². The second-order valence-corrected chi connectivity index (χ2v) is 4.35. The highest BCUT2D eigenvalue weighted by atomic mass is 14.9. The molecule has 1 aliphatic carbocycles. The number of rotatable bonds is 0. The van der Waals surface area contributed by atoms with Crippen LogP contribution in [0.25, 0.3) is 0 Å². The van der Waals surface area contributed by atoms with E-state index < -0.39 is 0 Å². The van der Waals surface area contributed by atoms with Crippen molar-refractivity contribution in [1.82, 2.24) is 10.6 Å². The van der Waals surface area contributed by atoms with Gasteiger partial charge in [-0.15, -0.1) is 0 Å². The van der Waals surface area contributed by atoms with E-state index in [1.54, 1.807) is 0 Å². The van der Waals surface area contributed by atoms with Crippen LogP contribution in [-0.4, -0.2) is 12.6 Å². The van der Waals surface area contributed by atoms with Crippen LogP contribution in [0.1, 0.15) is 19.3 Å². The standard InChI is InChI=1S/C12H16N2/c1-3-9-7-12-10(4-2-6-14-12)8-11(9)13-5-1/h1,3,5,7,10-11,13-14H,2,4,6,8H2. The van der Waals surface area contributed by atoms with Gasteiger partial charge in [-0.25, -0.2) is 0 Å². The van der Waals surface area contributed by atoms with Gasteiger partial charge in [-0.2, -0.15) is 0 Å². The highest BCUT2D eigenvalue weighted by Gasteiger charge is 2.28. The van der Waals surface area contributed by atoms with Crippen molar-refractivity contribution in [3.8, 4) is 0 Å². The number of hydrogen-bond acceptors (Lipinski definition) is 2. The van der Waals surface area contributed by atoms with Gasteiger partial charge in [-0.1, -0.05) is 6.08 Å². The normalized spacial score (nSPS) is 34.3. The van der Waals surface area contributed by atoms with Gasteiger partial charge in [0.15, 0.2) is 0 Å². The number of dihydropyridines is 1. The summed E-state index contributed by atoms with van der Waals surface area (Å²) in [7, 11) is 0. The third-order valence-corrected chi connectivity index (χ3v) is 3.43. The minimum atomic E-state index is 0.564. The Kier molecular flexibility index (Phi) is 1.86. The molecule has 2 heterocycles. The van der Waals surface area contributed by atoms with E-state index in [1.165, 1.54) is 30.5 Å². The fraction of sp³-hybridized carbons (Fsp3) is 0.500. The Hall–Kier alpha value is -1.18. The minimum Gasteiger partial charge on any atom is -0.388 e. The molecule has 2 heteroatoms. The van der Waals surface area contributed by atoms with E-state index in [4.69, 9.17) is 0 Å². The summed E-state index contributed by atoms with van der Waals surface area (Å²) < 4.78 is 0. The molecule has 0 aromatic rings. The molecule has 0 saturated carbocycles. The van der Waals surface area contributed by atoms with Crippen molar-refractivity contribution in [2.24, 2.45) is 5.92 Å². The summed E-state index contributed by atoms with van der Waals surface area (Å²) in [5.41, 5.74) is 2.91. The van der Waals surface area contributed by atoms with Gasteiger partial charge in [0, 0.05) is 18.2 Å². The molecule has 2 unspecified atom stereocenters. The van der Waals surface area contributed by atoms with Crippen LogP contribution in [0.4, 0.5) is 0 Å². The van der Waals surface area contributed by atoms with Crippen LogP contribution in [0.15, 0.2) is 35.7 Å². The molecule has 0 spiro atoms. The van der Waals surface area contributed by atoms with Gasteiger partial charge in [0.25, 0.3) is 0 Å². The van der Waals surface area contributed by atoms with Crippen LogP contribution in [0.3, 0.4) is 0 Å². The van der Waals surface area contributed by atoms with E-state index in [2.05, 4.69) is 35.1 Å². The molecular formula is C12H16N2. The zero-order chi connectivity index (χ0) is 9.38. The van der Waals surface area contributed by atoms with Crippen molar-refractivity contribution in [3.05, 3.63) is 35.7 Å². The summed E-state index contributed by atoms with van der Waals surface area (Å²) in [6.07, 6.45) is 12.6. The molecule has 74 valence electrons. The maximum absolute atomic E-state index is 3.52. The summed E-state index contributed by atoms with van der Waals surface area (Å²) in [6.45, 7) is 1.16. The Labute approximate surface area is 84.8 Å². The van der Waals surface area contributed by atoms with Gasteiger partial charge >= 0.3 is 0 Å². The maximum Gasteiger partial charge on any atom is 0.0515 e. The Morgan fingerprint density at radius 1 is 1.36 bits per heavy atom. The van der Waals surface area contributed by atoms with Crippen molar-refractivity contribution >= 4 is 0 Å². The first-order valence-corrected chi connectivity index (χ1v) is 5.52. The molecule has 3 rings (SSSR count). The van der Waals surface area contributed by atoms with Crippen LogP contribution in [-0.2, 0) is 0 Å². The molecule has 2 atom stereocenters. The van der Waals surface area contributed by atoms with Crippen molar-refractivity contribution < 1.29 is 0 Å². The first kappa shape index (κ1) is 8.16. The number of hydrogen-bond donors (Lipinski definition) is 2. The molecule has 0 aromatic heterocycles. The van der Waals surface area contributed by atoms with Gasteiger partial charge < -0.3 is 10.6 Å². The second-order valence-electron chi connectivity index (χ2n) is 4.35. The van der Waals surface area contributed by atoms with Crippen LogP contribution in [0.2, 0.25) is 0 Å². The third kappa shape index (κ3) is 1.26. The second kappa shape index (κ2) is 3.19. The predicted octanol–water partition coefficient (Wildman–Crippen LogP) is 1.69. The van der Waals surface area contributed by atoms with E-state index >= 15 is 0 Å². The van der Waals surface area contributed by atoms with Gasteiger partial charge in [0.2, 0.25) is 0 Å². The average molecular weight is 188 g/mol. The molecule has 0 radical (unpaired) electrons. The van der Waals surface area contributed by atoms with Crippen LogP contribution < -0.4 is 10.6 Å². The monoisotopic (exact) mass is 188 g/mol. The number of fused-ring (bicyclic) bond motifs is 2. The number of piperidine rings is 1. The lowest BCUT2D eigenvalue weighted by atomic mass is 9.80. The smallest absolute Gasteiger partial charge is 0.0515 e. The molecule has 2 N–H and O–H groups in total. The molecule has 2 aliphatic heterocycles. The van der Waals surface area contributed by atoms with Gasteiger partial charge in [-0.05, 0) is 43.2 Å². The zero-order valence-electron chi connectivity index (χ0n) is 8.29. The van der Waals surface area contributed by atoms with Crippen molar-refractivity contribution in [2.45, 2.75) is 25.3 Å². The highest BCUT2D eigenvalue weighted by Crippen LogP contribution is 2.33. The fourth-order valence-electron chi connectivity index (χ4n) is 2.65. The fourth-order valence-corrected chi connectivity index (χ4v) is 2.65. The summed E-state index contributed by atoms with van der Waals surface area (Å²) in [5, 5.41) is 6.96. The average Bonchev–Trinajstić information content (AvgIpc) is 2.26. The lowest BCUT2D eigenvalue weighted by molar-refractivity contribution is 0.376. The summed E-state index contributed by atoms with van der Waals surface area (Å²) in [4.78, 5) is 0. The first-order chi connectivity index (χ1) is 6.93. The lowest BCUT2D eigenvalue weighted by Gasteiger charge is -2.36. The van der Waals surface area contributed by atoms with Gasteiger partial charge in [0.1, 0.15) is 0 Å². The zero-order valence-corrected chi connectivity index (χ0v) is 8.29. The highest BCUT2D eigenvalue weighted by molar-refractivity contribution is 5.38. The predicted molar refractivity (Wildman–Crippen MR) is 57.6 cm³/mol. The van der Waals surface area contributed by atoms with E-state index in [-0.39, 0.29) is 0 Å². The topological polar surface area (TPSA) is 24.1 Å². The number of nitrogens with one attached hydrogen (secondary N) is 2. The Morgan fingerprint density at radius 3 is 3.36 bits per heavy atom. The Bertz CT molecular complexity index is 325. The van der Waals surface area contributed by atoms with Crippen LogP contribution in [0, 0.1) is 5.92 Å². The number of allylic oxidation sites excluding steroid dienone is 3.